The Kier molecular flexibility index (Phi) is 8.33. The number of hydrogen-bond acceptors (Lipinski definition) is 8. The molecular formula is C25H35N3O6. The number of hydrogen-bond donors (Lipinski definition) is 2. The number of likely N-dealkylation sites (tertiary alicyclic amines) is 1. The zero-order chi connectivity index (χ0) is 24.9. The molecule has 1 fully saturated rings. The quantitative estimate of drug-likeness (QED) is 0.591. The number of methoxy groups -OCH3 is 1. The van der Waals surface area contributed by atoms with Crippen molar-refractivity contribution < 1.29 is 28.9 Å². The van der Waals surface area contributed by atoms with Gasteiger partial charge in [-0.15, -0.1) is 0 Å². The number of aliphatic hydroxyl groups excluding tert-OH is 1. The Hall–Kier alpha value is -2.91. The number of ether oxygens (including phenoxy) is 3. The van der Waals surface area contributed by atoms with Crippen molar-refractivity contribution in [1.29, 1.82) is 0 Å². The molecule has 9 nitrogen and oxygen atoms in total. The average Bonchev–Trinajstić information content (AvgIpc) is 2.77. The topological polar surface area (TPSA) is 110 Å². The second-order valence-electron chi connectivity index (χ2n) is 9.32. The number of benzene rings is 1. The zero-order valence-electron chi connectivity index (χ0n) is 20.5. The van der Waals surface area contributed by atoms with Gasteiger partial charge in [0.2, 0.25) is 0 Å². The number of aromatic nitrogens is 1. The molecule has 0 saturated carbocycles. The van der Waals surface area contributed by atoms with Gasteiger partial charge in [0, 0.05) is 24.2 Å². The third-order valence-electron chi connectivity index (χ3n) is 5.78. The molecule has 3 atom stereocenters. The van der Waals surface area contributed by atoms with Crippen LogP contribution in [-0.2, 0) is 20.7 Å². The number of nitrogens with zero attached hydrogens (tertiary/aromatic N) is 2. The molecule has 3 rings (SSSR count). The van der Waals surface area contributed by atoms with Gasteiger partial charge < -0.3 is 24.6 Å². The lowest BCUT2D eigenvalue weighted by atomic mass is 9.90. The van der Waals surface area contributed by atoms with Crippen LogP contribution < -0.4 is 10.1 Å². The van der Waals surface area contributed by atoms with Crippen LogP contribution in [0.15, 0.2) is 30.5 Å². The number of carbonyl (C=O) groups is 2. The molecule has 2 aromatic rings. The normalized spacial score (nSPS) is 20.8. The van der Waals surface area contributed by atoms with Crippen LogP contribution in [0.1, 0.15) is 39.7 Å². The van der Waals surface area contributed by atoms with Crippen molar-refractivity contribution >= 4 is 23.0 Å². The van der Waals surface area contributed by atoms with E-state index in [1.165, 1.54) is 4.90 Å². The third-order valence-corrected chi connectivity index (χ3v) is 5.78. The van der Waals surface area contributed by atoms with Crippen LogP contribution in [0.4, 0.5) is 4.79 Å². The second kappa shape index (κ2) is 11.0. The first-order chi connectivity index (χ1) is 16.1. The van der Waals surface area contributed by atoms with Crippen molar-refractivity contribution in [2.45, 2.75) is 58.4 Å². The summed E-state index contributed by atoms with van der Waals surface area (Å²) in [6, 6.07) is 7.37. The number of pyridine rings is 1. The molecule has 9 heteroatoms. The fourth-order valence-electron chi connectivity index (χ4n) is 4.18. The van der Waals surface area contributed by atoms with Crippen LogP contribution in [0.5, 0.6) is 5.75 Å². The van der Waals surface area contributed by atoms with E-state index in [0.29, 0.717) is 19.4 Å². The third kappa shape index (κ3) is 6.15. The van der Waals surface area contributed by atoms with E-state index in [0.717, 1.165) is 22.2 Å². The Balaban J connectivity index is 1.71. The van der Waals surface area contributed by atoms with E-state index in [1.54, 1.807) is 41.0 Å². The highest BCUT2D eigenvalue weighted by Gasteiger charge is 2.45. The van der Waals surface area contributed by atoms with Crippen LogP contribution in [0.3, 0.4) is 0 Å². The number of esters is 1. The molecule has 0 radical (unpaired) electrons. The average molecular weight is 474 g/mol. The highest BCUT2D eigenvalue weighted by Crippen LogP contribution is 2.27. The zero-order valence-corrected chi connectivity index (χ0v) is 20.5. The molecule has 1 amide bonds. The Morgan fingerprint density at radius 3 is 2.71 bits per heavy atom. The van der Waals surface area contributed by atoms with Gasteiger partial charge in [-0.25, -0.2) is 4.79 Å². The lowest BCUT2D eigenvalue weighted by Crippen LogP contribution is -2.60. The molecule has 0 spiro atoms. The Morgan fingerprint density at radius 1 is 1.26 bits per heavy atom. The highest BCUT2D eigenvalue weighted by atomic mass is 16.6. The predicted molar refractivity (Wildman–Crippen MR) is 127 cm³/mol. The van der Waals surface area contributed by atoms with Crippen molar-refractivity contribution in [3.8, 4) is 5.75 Å². The van der Waals surface area contributed by atoms with Gasteiger partial charge in [-0.05, 0) is 76.9 Å². The minimum absolute atomic E-state index is 0.187. The molecule has 0 bridgehead atoms. The second-order valence-corrected chi connectivity index (χ2v) is 9.32. The smallest absolute Gasteiger partial charge is 0.412 e. The lowest BCUT2D eigenvalue weighted by molar-refractivity contribution is -0.163. The van der Waals surface area contributed by atoms with Gasteiger partial charge in [-0.2, -0.15) is 0 Å². The number of rotatable bonds is 7. The standard InChI is InChI=1S/C25H35N3O6/c1-6-33-23(30)21-20(11-14-28(22(21)29)24(31)34-25(2,3)4)27-13-10-16-9-12-26-19-8-7-17(32-5)15-18(16)19/h7-9,12,15,20-22,27,29H,6,10-11,13-14H2,1-5H3/t20-,21-,22+/m0/s1. The number of fused-ring (bicyclic) bond motifs is 1. The Labute approximate surface area is 200 Å². The van der Waals surface area contributed by atoms with Crippen LogP contribution in [0.25, 0.3) is 10.9 Å². The summed E-state index contributed by atoms with van der Waals surface area (Å²) in [5.74, 6) is -0.704. The van der Waals surface area contributed by atoms with E-state index in [4.69, 9.17) is 14.2 Å². The number of piperidine rings is 1. The predicted octanol–water partition coefficient (Wildman–Crippen LogP) is 2.88. The Morgan fingerprint density at radius 2 is 2.03 bits per heavy atom. The van der Waals surface area contributed by atoms with Crippen LogP contribution >= 0.6 is 0 Å². The lowest BCUT2D eigenvalue weighted by Gasteiger charge is -2.42. The minimum Gasteiger partial charge on any atom is -0.497 e. The van der Waals surface area contributed by atoms with E-state index in [9.17, 15) is 14.7 Å². The van der Waals surface area contributed by atoms with Crippen molar-refractivity contribution in [1.82, 2.24) is 15.2 Å². The summed E-state index contributed by atoms with van der Waals surface area (Å²) in [5.41, 5.74) is 1.26. The molecule has 0 aliphatic carbocycles. The van der Waals surface area contributed by atoms with Gasteiger partial charge in [0.25, 0.3) is 0 Å². The van der Waals surface area contributed by atoms with Gasteiger partial charge in [-0.3, -0.25) is 14.7 Å². The summed E-state index contributed by atoms with van der Waals surface area (Å²) in [6.45, 7) is 8.00. The van der Waals surface area contributed by atoms with Crippen LogP contribution in [-0.4, -0.2) is 71.7 Å². The summed E-state index contributed by atoms with van der Waals surface area (Å²) in [7, 11) is 1.63. The fraction of sp³-hybridized carbons (Fsp3) is 0.560. The van der Waals surface area contributed by atoms with Crippen LogP contribution in [0.2, 0.25) is 0 Å². The van der Waals surface area contributed by atoms with Crippen molar-refractivity contribution in [3.05, 3.63) is 36.0 Å². The van der Waals surface area contributed by atoms with Crippen LogP contribution in [0, 0.1) is 5.92 Å². The summed E-state index contributed by atoms with van der Waals surface area (Å²) >= 11 is 0. The molecule has 1 aliphatic rings. The van der Waals surface area contributed by atoms with Crippen molar-refractivity contribution in [2.75, 3.05) is 26.8 Å². The van der Waals surface area contributed by atoms with Gasteiger partial charge in [0.05, 0.1) is 19.2 Å². The summed E-state index contributed by atoms with van der Waals surface area (Å²) < 4.78 is 16.0. The molecule has 1 aromatic heterocycles. The largest absolute Gasteiger partial charge is 0.497 e. The number of carbonyl (C=O) groups excluding carboxylic acids is 2. The van der Waals surface area contributed by atoms with Gasteiger partial charge in [0.1, 0.15) is 23.5 Å². The molecular weight excluding hydrogens is 438 g/mol. The first kappa shape index (κ1) is 25.7. The molecule has 186 valence electrons. The van der Waals surface area contributed by atoms with E-state index < -0.39 is 29.8 Å². The maximum atomic E-state index is 12.7. The summed E-state index contributed by atoms with van der Waals surface area (Å²) in [4.78, 5) is 30.9. The van der Waals surface area contributed by atoms with E-state index in [2.05, 4.69) is 10.3 Å². The number of aliphatic hydroxyl groups is 1. The van der Waals surface area contributed by atoms with E-state index in [1.807, 2.05) is 24.3 Å². The summed E-state index contributed by atoms with van der Waals surface area (Å²) in [5, 5.41) is 15.3. The molecule has 0 unspecified atom stereocenters. The summed E-state index contributed by atoms with van der Waals surface area (Å²) in [6.07, 6.45) is 0.944. The first-order valence-corrected chi connectivity index (χ1v) is 11.6. The monoisotopic (exact) mass is 473 g/mol. The van der Waals surface area contributed by atoms with Crippen molar-refractivity contribution in [3.63, 3.8) is 0 Å². The molecule has 2 N–H and O–H groups in total. The molecule has 2 heterocycles. The number of nitrogens with one attached hydrogen (secondary N) is 1. The SMILES string of the molecule is CCOC(=O)[C@H]1[C@@H](NCCc2ccnc3ccc(OC)cc23)CCN(C(=O)OC(C)(C)C)[C@@H]1O. The van der Waals surface area contributed by atoms with Gasteiger partial charge in [-0.1, -0.05) is 0 Å². The molecule has 1 aromatic carbocycles. The van der Waals surface area contributed by atoms with E-state index in [-0.39, 0.29) is 19.2 Å². The van der Waals surface area contributed by atoms with Gasteiger partial charge in [0.15, 0.2) is 0 Å². The highest BCUT2D eigenvalue weighted by molar-refractivity contribution is 5.83. The first-order valence-electron chi connectivity index (χ1n) is 11.6. The minimum atomic E-state index is -1.34. The van der Waals surface area contributed by atoms with Crippen molar-refractivity contribution in [2.24, 2.45) is 5.92 Å². The van der Waals surface area contributed by atoms with E-state index >= 15 is 0 Å². The maximum Gasteiger partial charge on any atom is 0.412 e. The molecule has 34 heavy (non-hydrogen) atoms. The molecule has 1 saturated heterocycles. The number of amides is 1. The Bertz CT molecular complexity index is 1010. The maximum absolute atomic E-state index is 12.7. The van der Waals surface area contributed by atoms with Gasteiger partial charge >= 0.3 is 12.1 Å². The molecule has 1 aliphatic heterocycles. The fourth-order valence-corrected chi connectivity index (χ4v) is 4.18.